The molecular weight excluding hydrogens is 258 g/mol. The van der Waals surface area contributed by atoms with Crippen molar-refractivity contribution in [1.29, 1.82) is 0 Å². The fraction of sp³-hybridized carbons (Fsp3) is 0.316. The van der Waals surface area contributed by atoms with Crippen LogP contribution in [0.25, 0.3) is 0 Å². The molecular formula is C19H19NO. The molecule has 1 aliphatic carbocycles. The molecule has 1 saturated heterocycles. The van der Waals surface area contributed by atoms with E-state index in [0.717, 1.165) is 18.4 Å². The SMILES string of the molecule is CN1C(=O)[C@@H](c2ccccc2)[C@@H]2c3ccccc3CC[C@@H]21. The van der Waals surface area contributed by atoms with Gasteiger partial charge < -0.3 is 4.90 Å². The number of likely N-dealkylation sites (tertiary alicyclic amines) is 1. The summed E-state index contributed by atoms with van der Waals surface area (Å²) < 4.78 is 0. The fourth-order valence-corrected chi connectivity index (χ4v) is 4.16. The smallest absolute Gasteiger partial charge is 0.230 e. The van der Waals surface area contributed by atoms with Crippen molar-refractivity contribution < 1.29 is 4.79 Å². The van der Waals surface area contributed by atoms with Crippen LogP contribution in [0.1, 0.15) is 34.9 Å². The van der Waals surface area contributed by atoms with E-state index in [4.69, 9.17) is 0 Å². The molecule has 2 aliphatic rings. The highest BCUT2D eigenvalue weighted by molar-refractivity contribution is 5.88. The number of benzene rings is 2. The summed E-state index contributed by atoms with van der Waals surface area (Å²) in [5, 5.41) is 0. The molecule has 2 aromatic carbocycles. The quantitative estimate of drug-likeness (QED) is 0.783. The van der Waals surface area contributed by atoms with Gasteiger partial charge in [0.1, 0.15) is 0 Å². The maximum absolute atomic E-state index is 12.8. The molecule has 2 heteroatoms. The van der Waals surface area contributed by atoms with Crippen LogP contribution >= 0.6 is 0 Å². The van der Waals surface area contributed by atoms with E-state index in [0.29, 0.717) is 12.0 Å². The minimum atomic E-state index is -0.0253. The lowest BCUT2D eigenvalue weighted by molar-refractivity contribution is -0.128. The van der Waals surface area contributed by atoms with E-state index in [1.165, 1.54) is 11.1 Å². The maximum atomic E-state index is 12.8. The lowest BCUT2D eigenvalue weighted by atomic mass is 9.73. The summed E-state index contributed by atoms with van der Waals surface area (Å²) in [5.74, 6) is 0.547. The lowest BCUT2D eigenvalue weighted by Gasteiger charge is -2.32. The molecule has 0 spiro atoms. The van der Waals surface area contributed by atoms with Crippen LogP contribution in [0, 0.1) is 0 Å². The van der Waals surface area contributed by atoms with Crippen molar-refractivity contribution in [1.82, 2.24) is 4.90 Å². The zero-order valence-corrected chi connectivity index (χ0v) is 12.2. The summed E-state index contributed by atoms with van der Waals surface area (Å²) in [6.07, 6.45) is 2.16. The molecule has 0 aromatic heterocycles. The van der Waals surface area contributed by atoms with Crippen LogP contribution < -0.4 is 0 Å². The summed E-state index contributed by atoms with van der Waals surface area (Å²) in [6.45, 7) is 0. The molecule has 1 amide bonds. The Morgan fingerprint density at radius 2 is 1.71 bits per heavy atom. The normalized spacial score (nSPS) is 27.4. The van der Waals surface area contributed by atoms with Crippen LogP contribution in [0.4, 0.5) is 0 Å². The first-order chi connectivity index (χ1) is 10.3. The van der Waals surface area contributed by atoms with E-state index in [1.54, 1.807) is 0 Å². The fourth-order valence-electron chi connectivity index (χ4n) is 4.16. The van der Waals surface area contributed by atoms with Crippen molar-refractivity contribution >= 4 is 5.91 Å². The van der Waals surface area contributed by atoms with E-state index in [9.17, 15) is 4.79 Å². The highest BCUT2D eigenvalue weighted by Crippen LogP contribution is 2.49. The average Bonchev–Trinajstić information content (AvgIpc) is 2.80. The topological polar surface area (TPSA) is 20.3 Å². The minimum Gasteiger partial charge on any atom is -0.342 e. The molecule has 2 nitrogen and oxygen atoms in total. The van der Waals surface area contributed by atoms with E-state index in [2.05, 4.69) is 36.4 Å². The molecule has 21 heavy (non-hydrogen) atoms. The van der Waals surface area contributed by atoms with Gasteiger partial charge in [-0.05, 0) is 29.5 Å². The Morgan fingerprint density at radius 3 is 2.52 bits per heavy atom. The Labute approximate surface area is 125 Å². The van der Waals surface area contributed by atoms with Gasteiger partial charge in [-0.25, -0.2) is 0 Å². The highest BCUT2D eigenvalue weighted by atomic mass is 16.2. The number of rotatable bonds is 1. The number of hydrogen-bond donors (Lipinski definition) is 0. The highest BCUT2D eigenvalue weighted by Gasteiger charge is 2.49. The van der Waals surface area contributed by atoms with Crippen molar-refractivity contribution in [3.8, 4) is 0 Å². The van der Waals surface area contributed by atoms with Crippen LogP contribution in [0.15, 0.2) is 54.6 Å². The number of carbonyl (C=O) groups excluding carboxylic acids is 1. The molecule has 0 N–H and O–H groups in total. The third kappa shape index (κ3) is 1.82. The van der Waals surface area contributed by atoms with E-state index in [-0.39, 0.29) is 11.8 Å². The predicted octanol–water partition coefficient (Wildman–Crippen LogP) is 3.34. The Kier molecular flexibility index (Phi) is 2.85. The molecule has 1 fully saturated rings. The molecule has 1 heterocycles. The van der Waals surface area contributed by atoms with Crippen molar-refractivity contribution in [3.63, 3.8) is 0 Å². The summed E-state index contributed by atoms with van der Waals surface area (Å²) in [5.41, 5.74) is 3.95. The van der Waals surface area contributed by atoms with Gasteiger partial charge in [-0.3, -0.25) is 4.79 Å². The van der Waals surface area contributed by atoms with E-state index < -0.39 is 0 Å². The Morgan fingerprint density at radius 1 is 1.00 bits per heavy atom. The number of hydrogen-bond acceptors (Lipinski definition) is 1. The number of carbonyl (C=O) groups is 1. The number of amides is 1. The number of likely N-dealkylation sites (N-methyl/N-ethyl adjacent to an activating group) is 1. The molecule has 106 valence electrons. The van der Waals surface area contributed by atoms with Gasteiger partial charge in [-0.15, -0.1) is 0 Å². The minimum absolute atomic E-state index is 0.0253. The number of nitrogens with zero attached hydrogens (tertiary/aromatic N) is 1. The van der Waals surface area contributed by atoms with Gasteiger partial charge in [0.2, 0.25) is 5.91 Å². The van der Waals surface area contributed by atoms with Gasteiger partial charge >= 0.3 is 0 Å². The lowest BCUT2D eigenvalue weighted by Crippen LogP contribution is -2.33. The van der Waals surface area contributed by atoms with Gasteiger partial charge in [-0.1, -0.05) is 54.6 Å². The standard InChI is InChI=1S/C19H19NO/c1-20-16-12-11-13-7-5-6-10-15(13)18(16)17(19(20)21)14-8-3-2-4-9-14/h2-10,16-18H,11-12H2,1H3/t16-,17-,18+/m0/s1. The van der Waals surface area contributed by atoms with Gasteiger partial charge in [0, 0.05) is 19.0 Å². The second kappa shape index (κ2) is 4.73. The van der Waals surface area contributed by atoms with Gasteiger partial charge in [0.25, 0.3) is 0 Å². The van der Waals surface area contributed by atoms with Crippen LogP contribution in [-0.4, -0.2) is 23.9 Å². The third-order valence-corrected chi connectivity index (χ3v) is 5.17. The molecule has 2 aromatic rings. The maximum Gasteiger partial charge on any atom is 0.230 e. The second-order valence-electron chi connectivity index (χ2n) is 6.17. The van der Waals surface area contributed by atoms with Crippen LogP contribution in [0.3, 0.4) is 0 Å². The third-order valence-electron chi connectivity index (χ3n) is 5.17. The van der Waals surface area contributed by atoms with Crippen molar-refractivity contribution in [2.45, 2.75) is 30.7 Å². The molecule has 1 aliphatic heterocycles. The van der Waals surface area contributed by atoms with Crippen LogP contribution in [0.5, 0.6) is 0 Å². The average molecular weight is 277 g/mol. The first kappa shape index (κ1) is 12.6. The molecule has 0 unspecified atom stereocenters. The Hall–Kier alpha value is -2.09. The zero-order valence-electron chi connectivity index (χ0n) is 12.2. The van der Waals surface area contributed by atoms with E-state index >= 15 is 0 Å². The first-order valence-corrected chi connectivity index (χ1v) is 7.67. The van der Waals surface area contributed by atoms with Gasteiger partial charge in [-0.2, -0.15) is 0 Å². The summed E-state index contributed by atoms with van der Waals surface area (Å²) in [7, 11) is 1.97. The summed E-state index contributed by atoms with van der Waals surface area (Å²) >= 11 is 0. The number of fused-ring (bicyclic) bond motifs is 3. The van der Waals surface area contributed by atoms with Crippen LogP contribution in [0.2, 0.25) is 0 Å². The molecule has 0 saturated carbocycles. The molecule has 3 atom stereocenters. The Bertz CT molecular complexity index is 679. The second-order valence-corrected chi connectivity index (χ2v) is 6.17. The molecule has 0 radical (unpaired) electrons. The van der Waals surface area contributed by atoms with Crippen molar-refractivity contribution in [2.24, 2.45) is 0 Å². The zero-order chi connectivity index (χ0) is 14.4. The first-order valence-electron chi connectivity index (χ1n) is 7.67. The van der Waals surface area contributed by atoms with Crippen molar-refractivity contribution in [2.75, 3.05) is 7.05 Å². The van der Waals surface area contributed by atoms with E-state index in [1.807, 2.05) is 30.1 Å². The van der Waals surface area contributed by atoms with Gasteiger partial charge in [0.05, 0.1) is 5.92 Å². The molecule has 0 bridgehead atoms. The summed E-state index contributed by atoms with van der Waals surface area (Å²) in [6, 6.07) is 19.3. The largest absolute Gasteiger partial charge is 0.342 e. The summed E-state index contributed by atoms with van der Waals surface area (Å²) in [4.78, 5) is 14.8. The predicted molar refractivity (Wildman–Crippen MR) is 83.2 cm³/mol. The monoisotopic (exact) mass is 277 g/mol. The van der Waals surface area contributed by atoms with Crippen molar-refractivity contribution in [3.05, 3.63) is 71.3 Å². The van der Waals surface area contributed by atoms with Crippen LogP contribution in [-0.2, 0) is 11.2 Å². The Balaban J connectivity index is 1.86. The molecule has 4 rings (SSSR count). The van der Waals surface area contributed by atoms with Gasteiger partial charge in [0.15, 0.2) is 0 Å². The number of aryl methyl sites for hydroxylation is 1.